The van der Waals surface area contributed by atoms with Crippen molar-refractivity contribution < 1.29 is 43.0 Å². The Balaban J connectivity index is 0.951. The quantitative estimate of drug-likeness (QED) is 0.0418. The Kier molecular flexibility index (Phi) is 19.7. The first-order valence-corrected chi connectivity index (χ1v) is 26.7. The molecule has 1 unspecified atom stereocenters. The summed E-state index contributed by atoms with van der Waals surface area (Å²) in [7, 11) is 0. The number of esters is 1. The van der Waals surface area contributed by atoms with Gasteiger partial charge in [-0.2, -0.15) is 0 Å². The van der Waals surface area contributed by atoms with Gasteiger partial charge >= 0.3 is 24.2 Å². The van der Waals surface area contributed by atoms with E-state index in [9.17, 15) is 28.8 Å². The normalized spacial score (nSPS) is 25.5. The number of urea groups is 1. The third-order valence-electron chi connectivity index (χ3n) is 16.1. The largest absolute Gasteiger partial charge is 0.464 e. The van der Waals surface area contributed by atoms with E-state index in [4.69, 9.17) is 14.2 Å². The Morgan fingerprint density at radius 1 is 0.545 bits per heavy atom. The second-order valence-electron chi connectivity index (χ2n) is 21.1. The topological polar surface area (TPSA) is 167 Å². The lowest BCUT2D eigenvalue weighted by molar-refractivity contribution is -0.172. The van der Waals surface area contributed by atoms with Gasteiger partial charge in [0.2, 0.25) is 17.8 Å². The van der Waals surface area contributed by atoms with Gasteiger partial charge in [0.15, 0.2) is 6.04 Å². The average Bonchev–Trinajstić information content (AvgIpc) is 3.36. The molecule has 3 atom stereocenters. The summed E-state index contributed by atoms with van der Waals surface area (Å²) in [6, 6.07) is -1.55. The fourth-order valence-electron chi connectivity index (χ4n) is 12.0. The first-order valence-electron chi connectivity index (χ1n) is 26.7. The van der Waals surface area contributed by atoms with Crippen LogP contribution in [-0.2, 0) is 28.6 Å². The number of hydrogen-bond acceptors (Lipinski definition) is 9. The molecule has 0 radical (unpaired) electrons. The van der Waals surface area contributed by atoms with Crippen LogP contribution in [0, 0.1) is 35.5 Å². The number of carbonyl (C=O) groups is 6. The third kappa shape index (κ3) is 14.8. The second-order valence-corrected chi connectivity index (χ2v) is 21.1. The van der Waals surface area contributed by atoms with Gasteiger partial charge in [-0.15, -0.1) is 4.99 Å². The maximum Gasteiger partial charge on any atom is 0.436 e. The van der Waals surface area contributed by atoms with Crippen LogP contribution >= 0.6 is 0 Å². The Bertz CT molecular complexity index is 1630. The van der Waals surface area contributed by atoms with E-state index in [1.54, 1.807) is 4.90 Å². The molecule has 4 aliphatic carbocycles. The molecule has 0 aromatic heterocycles. The molecule has 0 spiro atoms. The highest BCUT2D eigenvalue weighted by atomic mass is 16.6. The molecule has 3 saturated heterocycles. The maximum absolute atomic E-state index is 14.2. The van der Waals surface area contributed by atoms with E-state index < -0.39 is 42.1 Å². The van der Waals surface area contributed by atoms with Crippen LogP contribution in [0.1, 0.15) is 180 Å². The van der Waals surface area contributed by atoms with Gasteiger partial charge in [0.25, 0.3) is 0 Å². The number of carbonyl (C=O) groups excluding carboxylic acids is 6. The van der Waals surface area contributed by atoms with Crippen LogP contribution in [0.25, 0.3) is 0 Å². The number of β-lactam (4-membered cyclic amide) rings is 1. The Labute approximate surface area is 394 Å². The molecule has 0 bridgehead atoms. The fourth-order valence-corrected chi connectivity index (χ4v) is 12.0. The van der Waals surface area contributed by atoms with Gasteiger partial charge in [0.1, 0.15) is 0 Å². The molecule has 6 amide bonds. The zero-order valence-electron chi connectivity index (χ0n) is 40.1. The summed E-state index contributed by atoms with van der Waals surface area (Å²) in [4.78, 5) is 92.5. The van der Waals surface area contributed by atoms with Crippen LogP contribution in [0.3, 0.4) is 0 Å². The lowest BCUT2D eigenvalue weighted by atomic mass is 9.78. The molecular formula is C51H82N6O9. The van der Waals surface area contributed by atoms with E-state index in [1.165, 1.54) is 64.2 Å². The molecule has 370 valence electrons. The molecule has 7 fully saturated rings. The van der Waals surface area contributed by atoms with Crippen molar-refractivity contribution in [2.75, 3.05) is 59.1 Å². The number of likely N-dealkylation sites (tertiary alicyclic amines) is 2. The number of guanidine groups is 1. The highest BCUT2D eigenvalue weighted by Gasteiger charge is 2.57. The molecule has 15 heteroatoms. The lowest BCUT2D eigenvalue weighted by Crippen LogP contribution is -2.70. The van der Waals surface area contributed by atoms with Crippen LogP contribution in [0.2, 0.25) is 0 Å². The lowest BCUT2D eigenvalue weighted by Gasteiger charge is -2.48. The predicted octanol–water partition coefficient (Wildman–Crippen LogP) is 9.21. The van der Waals surface area contributed by atoms with E-state index in [2.05, 4.69) is 10.3 Å². The second kappa shape index (κ2) is 26.0. The molecular weight excluding hydrogens is 841 g/mol. The monoisotopic (exact) mass is 923 g/mol. The van der Waals surface area contributed by atoms with Gasteiger partial charge in [-0.05, 0) is 93.8 Å². The van der Waals surface area contributed by atoms with Crippen LogP contribution in [0.4, 0.5) is 14.4 Å². The van der Waals surface area contributed by atoms with E-state index in [0.29, 0.717) is 77.0 Å². The summed E-state index contributed by atoms with van der Waals surface area (Å²) in [6.07, 6.45) is 28.3. The van der Waals surface area contributed by atoms with E-state index >= 15 is 0 Å². The fraction of sp³-hybridized carbons (Fsp3) is 0.863. The summed E-state index contributed by atoms with van der Waals surface area (Å²) in [5.41, 5.74) is 0. The molecule has 3 aliphatic heterocycles. The van der Waals surface area contributed by atoms with Gasteiger partial charge in [-0.1, -0.05) is 109 Å². The number of nitrogens with one attached hydrogen (secondary N) is 1. The standard InChI is InChI=1S/C51H82N6O9/c58-44(27-15-5-8-19-38-17-6-1-7-18-38)54-29-31-55(32-30-54)51(63)57-45(47(60)64-35-39-20-9-2-10-21-39)43(46(57)59)33-42-26-16-28-56(34-42)48(52-49(61)65-36-40-22-11-3-12-23-40)53-50(62)66-37-41-24-13-4-14-25-41/h38-43,45H,1-37H2,(H,52,53,61,62)/t42-,43+,45?/m0/s1. The minimum Gasteiger partial charge on any atom is -0.464 e. The van der Waals surface area contributed by atoms with Crippen LogP contribution in [0.15, 0.2) is 4.99 Å². The number of nitrogens with zero attached hydrogens (tertiary/aromatic N) is 5. The van der Waals surface area contributed by atoms with Crippen molar-refractivity contribution in [2.45, 2.75) is 186 Å². The zero-order valence-corrected chi connectivity index (χ0v) is 40.1. The molecule has 0 aromatic rings. The number of ether oxygens (including phenoxy) is 3. The van der Waals surface area contributed by atoms with Gasteiger partial charge in [-0.3, -0.25) is 14.9 Å². The smallest absolute Gasteiger partial charge is 0.436 e. The highest BCUT2D eigenvalue weighted by Crippen LogP contribution is 2.37. The summed E-state index contributed by atoms with van der Waals surface area (Å²) >= 11 is 0. The zero-order chi connectivity index (χ0) is 46.1. The van der Waals surface area contributed by atoms with Crippen molar-refractivity contribution in [3.8, 4) is 0 Å². The Hall–Kier alpha value is -3.91. The molecule has 0 aromatic carbocycles. The predicted molar refractivity (Wildman–Crippen MR) is 250 cm³/mol. The van der Waals surface area contributed by atoms with Crippen LogP contribution in [0.5, 0.6) is 0 Å². The molecule has 1 N–H and O–H groups in total. The summed E-state index contributed by atoms with van der Waals surface area (Å²) in [5.74, 6) is 0.108. The SMILES string of the molecule is O=C(/N=C(\NC(=O)OCC1CCCCC1)N1CCC[C@@H](C[C@H]2C(=O)N(C(=O)N3CCN(C(=O)CCCCCC4CCCCC4)CC3)C2C(=O)OCC2CCCCC2)C1)OCC1CCCCC1. The number of rotatable bonds is 15. The first-order chi connectivity index (χ1) is 32.2. The Morgan fingerprint density at radius 2 is 1.08 bits per heavy atom. The third-order valence-corrected chi connectivity index (χ3v) is 16.1. The van der Waals surface area contributed by atoms with Gasteiger partial charge in [0.05, 0.1) is 25.7 Å². The van der Waals surface area contributed by atoms with Crippen molar-refractivity contribution in [1.29, 1.82) is 0 Å². The number of amides is 6. The van der Waals surface area contributed by atoms with Crippen molar-refractivity contribution >= 4 is 42.0 Å². The molecule has 3 heterocycles. The van der Waals surface area contributed by atoms with Crippen molar-refractivity contribution in [2.24, 2.45) is 40.5 Å². The average molecular weight is 923 g/mol. The molecule has 66 heavy (non-hydrogen) atoms. The van der Waals surface area contributed by atoms with Crippen molar-refractivity contribution in [3.63, 3.8) is 0 Å². The van der Waals surface area contributed by atoms with Gasteiger partial charge in [-0.25, -0.2) is 24.1 Å². The van der Waals surface area contributed by atoms with Crippen molar-refractivity contribution in [1.82, 2.24) is 24.9 Å². The summed E-state index contributed by atoms with van der Waals surface area (Å²) < 4.78 is 17.2. The number of alkyl carbamates (subject to hydrolysis) is 1. The minimum absolute atomic E-state index is 0.0643. The first kappa shape index (κ1) is 50.0. The Morgan fingerprint density at radius 3 is 1.68 bits per heavy atom. The molecule has 4 saturated carbocycles. The van der Waals surface area contributed by atoms with E-state index in [0.717, 1.165) is 107 Å². The van der Waals surface area contributed by atoms with Crippen LogP contribution in [-0.4, -0.2) is 127 Å². The minimum atomic E-state index is -1.05. The number of piperazine rings is 1. The molecule has 7 rings (SSSR count). The number of piperidine rings is 1. The number of hydrogen-bond donors (Lipinski definition) is 1. The number of unbranched alkanes of at least 4 members (excludes halogenated alkanes) is 2. The maximum atomic E-state index is 14.2. The van der Waals surface area contributed by atoms with E-state index in [-0.39, 0.29) is 36.9 Å². The van der Waals surface area contributed by atoms with Gasteiger partial charge < -0.3 is 28.9 Å². The number of aliphatic imine (C=N–C) groups is 1. The van der Waals surface area contributed by atoms with E-state index in [1.807, 2.05) is 9.80 Å². The highest BCUT2D eigenvalue weighted by molar-refractivity contribution is 6.08. The van der Waals surface area contributed by atoms with Crippen molar-refractivity contribution in [3.05, 3.63) is 0 Å². The molecule has 7 aliphatic rings. The number of imide groups is 1. The van der Waals surface area contributed by atoms with Gasteiger partial charge in [0, 0.05) is 45.7 Å². The summed E-state index contributed by atoms with van der Waals surface area (Å²) in [6.45, 7) is 3.13. The molecule has 15 nitrogen and oxygen atoms in total. The summed E-state index contributed by atoms with van der Waals surface area (Å²) in [5, 5.41) is 2.77. The van der Waals surface area contributed by atoms with Crippen LogP contribution < -0.4 is 5.32 Å².